The van der Waals surface area contributed by atoms with E-state index in [0.717, 1.165) is 16.2 Å². The van der Waals surface area contributed by atoms with Crippen LogP contribution in [-0.2, 0) is 22.5 Å². The van der Waals surface area contributed by atoms with E-state index in [1.807, 2.05) is 18.4 Å². The van der Waals surface area contributed by atoms with Crippen LogP contribution >= 0.6 is 0 Å². The van der Waals surface area contributed by atoms with Gasteiger partial charge in [-0.2, -0.15) is 0 Å². The monoisotopic (exact) mass is 521 g/mol. The van der Waals surface area contributed by atoms with Gasteiger partial charge < -0.3 is 29.1 Å². The standard InChI is InChI=1S/C25H27N7O6/c1-15(2)31-14-26-29-22(31)19-5-4-6-21(27-19)28-23(33)18-11-17-13-30(8-7-16(17)12-20(18)36-3)24(34)38-32-9-10-37-25(32)35/h4-6,11-12,14-15H,7-10,13H2,1-3H3,(H,27,28,33). The molecule has 13 heteroatoms. The number of rotatable bonds is 6. The molecule has 3 amide bonds. The van der Waals surface area contributed by atoms with Crippen LogP contribution in [0.2, 0.25) is 0 Å². The summed E-state index contributed by atoms with van der Waals surface area (Å²) in [7, 11) is 1.50. The van der Waals surface area contributed by atoms with Crippen molar-refractivity contribution in [2.24, 2.45) is 0 Å². The Hall–Kier alpha value is -4.68. The van der Waals surface area contributed by atoms with Gasteiger partial charge in [-0.3, -0.25) is 4.79 Å². The summed E-state index contributed by atoms with van der Waals surface area (Å²) in [5, 5.41) is 11.9. The molecule has 1 aromatic carbocycles. The summed E-state index contributed by atoms with van der Waals surface area (Å²) in [6.45, 7) is 4.98. The summed E-state index contributed by atoms with van der Waals surface area (Å²) in [4.78, 5) is 48.7. The number of cyclic esters (lactones) is 1. The molecule has 4 heterocycles. The molecule has 13 nitrogen and oxygen atoms in total. The number of carbonyl (C=O) groups is 3. The van der Waals surface area contributed by atoms with Crippen LogP contribution in [0.1, 0.15) is 41.4 Å². The average molecular weight is 522 g/mol. The van der Waals surface area contributed by atoms with Crippen LogP contribution in [0.15, 0.2) is 36.7 Å². The van der Waals surface area contributed by atoms with E-state index in [-0.39, 0.29) is 25.7 Å². The van der Waals surface area contributed by atoms with Crippen LogP contribution < -0.4 is 10.1 Å². The van der Waals surface area contributed by atoms with Gasteiger partial charge in [-0.1, -0.05) is 6.07 Å². The highest BCUT2D eigenvalue weighted by Crippen LogP contribution is 2.29. The Balaban J connectivity index is 1.34. The van der Waals surface area contributed by atoms with Crippen molar-refractivity contribution in [2.45, 2.75) is 32.9 Å². The number of nitrogens with zero attached hydrogens (tertiary/aromatic N) is 6. The number of hydrogen-bond donors (Lipinski definition) is 1. The lowest BCUT2D eigenvalue weighted by molar-refractivity contribution is -0.0651. The Morgan fingerprint density at radius 3 is 2.74 bits per heavy atom. The van der Waals surface area contributed by atoms with Crippen molar-refractivity contribution < 1.29 is 28.7 Å². The van der Waals surface area contributed by atoms with E-state index in [4.69, 9.17) is 14.3 Å². The van der Waals surface area contributed by atoms with Gasteiger partial charge in [0.2, 0.25) is 0 Å². The van der Waals surface area contributed by atoms with Crippen molar-refractivity contribution in [3.8, 4) is 17.3 Å². The summed E-state index contributed by atoms with van der Waals surface area (Å²) in [6.07, 6.45) is 0.821. The third kappa shape index (κ3) is 4.94. The van der Waals surface area contributed by atoms with E-state index in [9.17, 15) is 14.4 Å². The lowest BCUT2D eigenvalue weighted by Gasteiger charge is -2.29. The molecule has 1 fully saturated rings. The van der Waals surface area contributed by atoms with E-state index in [1.54, 1.807) is 36.7 Å². The second-order valence-electron chi connectivity index (χ2n) is 9.08. The Morgan fingerprint density at radius 1 is 1.16 bits per heavy atom. The first kappa shape index (κ1) is 25.0. The zero-order valence-electron chi connectivity index (χ0n) is 21.2. The fourth-order valence-corrected chi connectivity index (χ4v) is 4.32. The first-order chi connectivity index (χ1) is 18.3. The molecule has 2 aliphatic rings. The normalized spacial score (nSPS) is 14.8. The quantitative estimate of drug-likeness (QED) is 0.518. The number of methoxy groups -OCH3 is 1. The molecule has 198 valence electrons. The number of hydroxylamine groups is 2. The van der Waals surface area contributed by atoms with Crippen LogP contribution in [0.5, 0.6) is 5.75 Å². The molecule has 0 spiro atoms. The maximum atomic E-state index is 13.3. The van der Waals surface area contributed by atoms with Gasteiger partial charge in [0.25, 0.3) is 5.91 Å². The predicted molar refractivity (Wildman–Crippen MR) is 133 cm³/mol. The van der Waals surface area contributed by atoms with Crippen LogP contribution in [0.25, 0.3) is 11.5 Å². The first-order valence-corrected chi connectivity index (χ1v) is 12.1. The predicted octanol–water partition coefficient (Wildman–Crippen LogP) is 3.04. The lowest BCUT2D eigenvalue weighted by atomic mass is 9.96. The van der Waals surface area contributed by atoms with E-state index >= 15 is 0 Å². The van der Waals surface area contributed by atoms with E-state index in [1.165, 1.54) is 12.0 Å². The minimum atomic E-state index is -0.693. The van der Waals surface area contributed by atoms with Gasteiger partial charge in [0.1, 0.15) is 30.2 Å². The van der Waals surface area contributed by atoms with Gasteiger partial charge in [0.05, 0.1) is 19.2 Å². The molecule has 0 bridgehead atoms. The highest BCUT2D eigenvalue weighted by atomic mass is 16.8. The van der Waals surface area contributed by atoms with Crippen molar-refractivity contribution >= 4 is 23.9 Å². The van der Waals surface area contributed by atoms with Gasteiger partial charge in [-0.25, -0.2) is 14.6 Å². The second-order valence-corrected chi connectivity index (χ2v) is 9.08. The molecule has 3 aromatic rings. The molecule has 1 saturated heterocycles. The van der Waals surface area contributed by atoms with E-state index in [2.05, 4.69) is 20.5 Å². The highest BCUT2D eigenvalue weighted by Gasteiger charge is 2.31. The zero-order chi connectivity index (χ0) is 26.8. The van der Waals surface area contributed by atoms with Crippen LogP contribution in [0.3, 0.4) is 0 Å². The van der Waals surface area contributed by atoms with Crippen molar-refractivity contribution in [3.05, 3.63) is 53.3 Å². The number of ether oxygens (including phenoxy) is 2. The molecule has 1 N–H and O–H groups in total. The molecule has 2 aliphatic heterocycles. The highest BCUT2D eigenvalue weighted by molar-refractivity contribution is 6.06. The van der Waals surface area contributed by atoms with E-state index in [0.29, 0.717) is 41.6 Å². The molecule has 5 rings (SSSR count). The Kier molecular flexibility index (Phi) is 6.81. The van der Waals surface area contributed by atoms with Crippen LogP contribution in [-0.4, -0.2) is 74.6 Å². The molecule has 0 aliphatic carbocycles. The molecule has 0 saturated carbocycles. The van der Waals surface area contributed by atoms with Crippen molar-refractivity contribution in [3.63, 3.8) is 0 Å². The fourth-order valence-electron chi connectivity index (χ4n) is 4.32. The Morgan fingerprint density at radius 2 is 2.00 bits per heavy atom. The third-order valence-electron chi connectivity index (χ3n) is 6.30. The van der Waals surface area contributed by atoms with Crippen LogP contribution in [0, 0.1) is 0 Å². The first-order valence-electron chi connectivity index (χ1n) is 12.1. The van der Waals surface area contributed by atoms with Crippen molar-refractivity contribution in [1.29, 1.82) is 0 Å². The maximum Gasteiger partial charge on any atom is 0.443 e. The molecule has 38 heavy (non-hydrogen) atoms. The molecular weight excluding hydrogens is 494 g/mol. The number of anilines is 1. The second kappa shape index (κ2) is 10.4. The summed E-state index contributed by atoms with van der Waals surface area (Å²) in [5.41, 5.74) is 2.59. The number of nitrogens with one attached hydrogen (secondary N) is 1. The molecule has 2 aromatic heterocycles. The average Bonchev–Trinajstić information content (AvgIpc) is 3.57. The number of carbonyl (C=O) groups excluding carboxylic acids is 3. The number of hydrogen-bond acceptors (Lipinski definition) is 9. The number of amides is 3. The number of fused-ring (bicyclic) bond motifs is 1. The Labute approximate surface area is 218 Å². The third-order valence-corrected chi connectivity index (χ3v) is 6.30. The maximum absolute atomic E-state index is 13.3. The van der Waals surface area contributed by atoms with Crippen molar-refractivity contribution in [2.75, 3.05) is 32.1 Å². The van der Waals surface area contributed by atoms with Gasteiger partial charge in [0.15, 0.2) is 5.82 Å². The summed E-state index contributed by atoms with van der Waals surface area (Å²) >= 11 is 0. The van der Waals surface area contributed by atoms with Gasteiger partial charge in [-0.05, 0) is 55.7 Å². The summed E-state index contributed by atoms with van der Waals surface area (Å²) in [5.74, 6) is 0.928. The van der Waals surface area contributed by atoms with Crippen molar-refractivity contribution in [1.82, 2.24) is 29.7 Å². The van der Waals surface area contributed by atoms with Gasteiger partial charge >= 0.3 is 12.2 Å². The number of pyridine rings is 1. The fraction of sp³-hybridized carbons (Fsp3) is 0.360. The zero-order valence-corrected chi connectivity index (χ0v) is 21.2. The smallest absolute Gasteiger partial charge is 0.443 e. The Bertz CT molecular complexity index is 1390. The topological polar surface area (TPSA) is 141 Å². The largest absolute Gasteiger partial charge is 0.496 e. The summed E-state index contributed by atoms with van der Waals surface area (Å²) < 4.78 is 12.2. The SMILES string of the molecule is COc1cc2c(cc1C(=O)Nc1cccc(-c3nncn3C(C)C)n1)CN(C(=O)ON1CCOC1=O)CC2. The molecule has 0 unspecified atom stereocenters. The molecule has 0 atom stereocenters. The molecular formula is C25H27N7O6. The van der Waals surface area contributed by atoms with Crippen LogP contribution in [0.4, 0.5) is 15.4 Å². The lowest BCUT2D eigenvalue weighted by Crippen LogP contribution is -2.40. The van der Waals surface area contributed by atoms with Gasteiger partial charge in [-0.15, -0.1) is 15.3 Å². The van der Waals surface area contributed by atoms with E-state index < -0.39 is 18.1 Å². The molecule has 0 radical (unpaired) electrons. The number of aromatic nitrogens is 4. The minimum Gasteiger partial charge on any atom is -0.496 e. The summed E-state index contributed by atoms with van der Waals surface area (Å²) in [6, 6.07) is 8.91. The number of benzene rings is 1. The minimum absolute atomic E-state index is 0.140. The van der Waals surface area contributed by atoms with Gasteiger partial charge in [0, 0.05) is 19.1 Å².